The third-order valence-corrected chi connectivity index (χ3v) is 5.45. The van der Waals surface area contributed by atoms with Gasteiger partial charge < -0.3 is 5.32 Å². The molecule has 0 radical (unpaired) electrons. The number of hydrogen-bond acceptors (Lipinski definition) is 2. The van der Waals surface area contributed by atoms with Gasteiger partial charge in [0.05, 0.1) is 5.25 Å². The lowest BCUT2D eigenvalue weighted by Gasteiger charge is -2.30. The quantitative estimate of drug-likeness (QED) is 0.828. The number of rotatable bonds is 3. The first-order valence-corrected chi connectivity index (χ1v) is 7.93. The van der Waals surface area contributed by atoms with Gasteiger partial charge >= 0.3 is 0 Å². The molecule has 0 saturated carbocycles. The SMILES string of the molecule is CC(C)CC1NC(C)CCS(=O)C1C(C)C. The van der Waals surface area contributed by atoms with Crippen LogP contribution in [0.3, 0.4) is 0 Å². The van der Waals surface area contributed by atoms with Crippen LogP contribution in [0.4, 0.5) is 0 Å². The summed E-state index contributed by atoms with van der Waals surface area (Å²) in [6.07, 6.45) is 2.18. The minimum atomic E-state index is -0.655. The topological polar surface area (TPSA) is 29.1 Å². The Labute approximate surface area is 103 Å². The molecule has 1 rings (SSSR count). The van der Waals surface area contributed by atoms with E-state index in [0.717, 1.165) is 18.6 Å². The highest BCUT2D eigenvalue weighted by molar-refractivity contribution is 7.85. The van der Waals surface area contributed by atoms with Gasteiger partial charge in [0.15, 0.2) is 0 Å². The van der Waals surface area contributed by atoms with Crippen LogP contribution in [0.2, 0.25) is 0 Å². The monoisotopic (exact) mass is 245 g/mol. The Morgan fingerprint density at radius 1 is 1.31 bits per heavy atom. The number of nitrogens with one attached hydrogen (secondary N) is 1. The molecule has 0 aromatic heterocycles. The first-order chi connectivity index (χ1) is 7.41. The van der Waals surface area contributed by atoms with E-state index in [4.69, 9.17) is 0 Å². The second-order valence-corrected chi connectivity index (χ2v) is 7.60. The van der Waals surface area contributed by atoms with Gasteiger partial charge in [-0.25, -0.2) is 0 Å². The molecule has 1 fully saturated rings. The molecule has 2 nitrogen and oxygen atoms in total. The van der Waals surface area contributed by atoms with Gasteiger partial charge in [-0.2, -0.15) is 0 Å². The lowest BCUT2D eigenvalue weighted by Crippen LogP contribution is -2.46. The summed E-state index contributed by atoms with van der Waals surface area (Å²) in [5.74, 6) is 2.04. The molecule has 0 aromatic rings. The van der Waals surface area contributed by atoms with Gasteiger partial charge in [0.2, 0.25) is 0 Å². The van der Waals surface area contributed by atoms with Crippen LogP contribution < -0.4 is 5.32 Å². The Morgan fingerprint density at radius 3 is 2.44 bits per heavy atom. The maximum absolute atomic E-state index is 12.3. The Morgan fingerprint density at radius 2 is 1.94 bits per heavy atom. The van der Waals surface area contributed by atoms with Crippen molar-refractivity contribution in [3.63, 3.8) is 0 Å². The second kappa shape index (κ2) is 6.15. The first-order valence-electron chi connectivity index (χ1n) is 6.55. The van der Waals surface area contributed by atoms with Crippen LogP contribution >= 0.6 is 0 Å². The van der Waals surface area contributed by atoms with E-state index in [1.165, 1.54) is 0 Å². The zero-order chi connectivity index (χ0) is 12.3. The molecule has 0 spiro atoms. The van der Waals surface area contributed by atoms with Crippen molar-refractivity contribution in [3.05, 3.63) is 0 Å². The van der Waals surface area contributed by atoms with Crippen LogP contribution in [-0.2, 0) is 10.8 Å². The van der Waals surface area contributed by atoms with Gasteiger partial charge in [-0.3, -0.25) is 4.21 Å². The Balaban J connectivity index is 2.81. The third-order valence-electron chi connectivity index (χ3n) is 3.33. The lowest BCUT2D eigenvalue weighted by molar-refractivity contribution is 0.344. The summed E-state index contributed by atoms with van der Waals surface area (Å²) < 4.78 is 12.3. The second-order valence-electron chi connectivity index (χ2n) is 5.89. The minimum Gasteiger partial charge on any atom is -0.310 e. The summed E-state index contributed by atoms with van der Waals surface area (Å²) in [5.41, 5.74) is 0. The van der Waals surface area contributed by atoms with Gasteiger partial charge in [-0.05, 0) is 31.6 Å². The number of hydrogen-bond donors (Lipinski definition) is 1. The largest absolute Gasteiger partial charge is 0.310 e. The normalized spacial score (nSPS) is 36.7. The van der Waals surface area contributed by atoms with Crippen LogP contribution in [0.15, 0.2) is 0 Å². The maximum Gasteiger partial charge on any atom is 0.0524 e. The molecule has 1 heterocycles. The minimum absolute atomic E-state index is 0.326. The predicted molar refractivity (Wildman–Crippen MR) is 72.1 cm³/mol. The van der Waals surface area contributed by atoms with Gasteiger partial charge in [-0.15, -0.1) is 0 Å². The fourth-order valence-electron chi connectivity index (χ4n) is 2.63. The maximum atomic E-state index is 12.3. The van der Waals surface area contributed by atoms with Gasteiger partial charge in [0.1, 0.15) is 0 Å². The highest BCUT2D eigenvalue weighted by Gasteiger charge is 2.33. The summed E-state index contributed by atoms with van der Waals surface area (Å²) in [4.78, 5) is 0. The summed E-state index contributed by atoms with van der Waals surface area (Å²) >= 11 is 0. The Hall–Kier alpha value is 0.110. The van der Waals surface area contributed by atoms with E-state index < -0.39 is 10.8 Å². The average Bonchev–Trinajstić information content (AvgIpc) is 2.24. The summed E-state index contributed by atoms with van der Waals surface area (Å²) in [7, 11) is -0.655. The highest BCUT2D eigenvalue weighted by atomic mass is 32.2. The molecule has 96 valence electrons. The van der Waals surface area contributed by atoms with E-state index in [0.29, 0.717) is 29.2 Å². The molecule has 16 heavy (non-hydrogen) atoms. The van der Waals surface area contributed by atoms with E-state index in [2.05, 4.69) is 39.9 Å². The van der Waals surface area contributed by atoms with Crippen LogP contribution in [0.5, 0.6) is 0 Å². The molecule has 1 aliphatic rings. The Kier molecular flexibility index (Phi) is 5.45. The molecule has 1 aliphatic heterocycles. The Bertz CT molecular complexity index is 240. The first kappa shape index (κ1) is 14.2. The van der Waals surface area contributed by atoms with E-state index in [-0.39, 0.29) is 0 Å². The van der Waals surface area contributed by atoms with E-state index in [9.17, 15) is 4.21 Å². The summed E-state index contributed by atoms with van der Waals surface area (Å²) in [5, 5.41) is 4.01. The van der Waals surface area contributed by atoms with E-state index >= 15 is 0 Å². The van der Waals surface area contributed by atoms with Crippen molar-refractivity contribution < 1.29 is 4.21 Å². The van der Waals surface area contributed by atoms with E-state index in [1.807, 2.05) is 0 Å². The molecule has 0 aliphatic carbocycles. The molecule has 3 heteroatoms. The van der Waals surface area contributed by atoms with Crippen LogP contribution in [0.25, 0.3) is 0 Å². The molecular formula is C13H27NOS. The van der Waals surface area contributed by atoms with Gasteiger partial charge in [-0.1, -0.05) is 27.7 Å². The zero-order valence-corrected chi connectivity index (χ0v) is 12.1. The molecular weight excluding hydrogens is 218 g/mol. The van der Waals surface area contributed by atoms with Crippen molar-refractivity contribution >= 4 is 10.8 Å². The van der Waals surface area contributed by atoms with Crippen LogP contribution in [-0.4, -0.2) is 27.3 Å². The molecule has 4 unspecified atom stereocenters. The standard InChI is InChI=1S/C13H27NOS/c1-9(2)8-12-13(10(3)4)16(15)7-6-11(5)14-12/h9-14H,6-8H2,1-5H3. The summed E-state index contributed by atoms with van der Waals surface area (Å²) in [6, 6.07) is 0.940. The molecule has 0 amide bonds. The summed E-state index contributed by atoms with van der Waals surface area (Å²) in [6.45, 7) is 11.1. The average molecular weight is 245 g/mol. The fraction of sp³-hybridized carbons (Fsp3) is 1.00. The van der Waals surface area contributed by atoms with Crippen molar-refractivity contribution in [2.75, 3.05) is 5.75 Å². The third kappa shape index (κ3) is 3.85. The van der Waals surface area contributed by atoms with Crippen molar-refractivity contribution in [2.45, 2.75) is 64.8 Å². The van der Waals surface area contributed by atoms with Gasteiger partial charge in [0.25, 0.3) is 0 Å². The highest BCUT2D eigenvalue weighted by Crippen LogP contribution is 2.23. The van der Waals surface area contributed by atoms with Crippen molar-refractivity contribution in [2.24, 2.45) is 11.8 Å². The smallest absolute Gasteiger partial charge is 0.0524 e. The van der Waals surface area contributed by atoms with Crippen molar-refractivity contribution in [1.29, 1.82) is 0 Å². The van der Waals surface area contributed by atoms with E-state index in [1.54, 1.807) is 0 Å². The zero-order valence-electron chi connectivity index (χ0n) is 11.3. The van der Waals surface area contributed by atoms with Crippen molar-refractivity contribution in [3.8, 4) is 0 Å². The predicted octanol–water partition coefficient (Wildman–Crippen LogP) is 2.56. The fourth-order valence-corrected chi connectivity index (χ4v) is 4.66. The molecule has 0 bridgehead atoms. The van der Waals surface area contributed by atoms with Crippen LogP contribution in [0, 0.1) is 11.8 Å². The lowest BCUT2D eigenvalue weighted by atomic mass is 9.94. The molecule has 1 N–H and O–H groups in total. The van der Waals surface area contributed by atoms with Crippen molar-refractivity contribution in [1.82, 2.24) is 5.32 Å². The van der Waals surface area contributed by atoms with Gasteiger partial charge in [0, 0.05) is 28.6 Å². The van der Waals surface area contributed by atoms with Crippen LogP contribution in [0.1, 0.15) is 47.5 Å². The molecule has 4 atom stereocenters. The molecule has 0 aromatic carbocycles. The molecule has 1 saturated heterocycles.